The van der Waals surface area contributed by atoms with E-state index < -0.39 is 28.7 Å². The fourth-order valence-corrected chi connectivity index (χ4v) is 2.10. The van der Waals surface area contributed by atoms with Crippen LogP contribution in [0.3, 0.4) is 0 Å². The Kier molecular flexibility index (Phi) is 6.97. The Morgan fingerprint density at radius 3 is 2.25 bits per heavy atom. The Morgan fingerprint density at radius 1 is 1.17 bits per heavy atom. The summed E-state index contributed by atoms with van der Waals surface area (Å²) in [6.07, 6.45) is 0.00926. The molecule has 0 saturated heterocycles. The second kappa shape index (κ2) is 8.49. The molecule has 7 nitrogen and oxygen atoms in total. The second-order valence-electron chi connectivity index (χ2n) is 5.79. The lowest BCUT2D eigenvalue weighted by Crippen LogP contribution is -2.34. The van der Waals surface area contributed by atoms with Gasteiger partial charge in [-0.1, -0.05) is 17.7 Å². The topological polar surface area (TPSA) is 90.9 Å². The van der Waals surface area contributed by atoms with E-state index in [0.29, 0.717) is 4.90 Å². The van der Waals surface area contributed by atoms with Crippen LogP contribution >= 0.6 is 0 Å². The molecule has 0 aliphatic carbocycles. The number of hydrogen-bond acceptors (Lipinski definition) is 6. The van der Waals surface area contributed by atoms with Crippen molar-refractivity contribution in [3.63, 3.8) is 0 Å². The van der Waals surface area contributed by atoms with Gasteiger partial charge in [-0.25, -0.2) is 13.8 Å². The first-order valence-electron chi connectivity index (χ1n) is 7.06. The average molecular weight is 355 g/mol. The third-order valence-corrected chi connectivity index (χ3v) is 3.44. The molecule has 1 aromatic carbocycles. The van der Waals surface area contributed by atoms with E-state index in [4.69, 9.17) is 8.92 Å². The molecule has 1 amide bonds. The summed E-state index contributed by atoms with van der Waals surface area (Å²) >= 11 is -1.84. The molecule has 1 N–H and O–H groups in total. The first-order chi connectivity index (χ1) is 11.1. The van der Waals surface area contributed by atoms with E-state index in [1.54, 1.807) is 45.0 Å². The van der Waals surface area contributed by atoms with E-state index in [1.807, 2.05) is 6.92 Å². The molecule has 24 heavy (non-hydrogen) atoms. The lowest BCUT2D eigenvalue weighted by molar-refractivity contribution is -0.136. The third kappa shape index (κ3) is 6.82. The van der Waals surface area contributed by atoms with Crippen molar-refractivity contribution in [1.82, 2.24) is 5.32 Å². The van der Waals surface area contributed by atoms with Crippen LogP contribution in [-0.4, -0.2) is 29.0 Å². The molecule has 0 aromatic heterocycles. The normalized spacial score (nSPS) is 13.0. The molecule has 0 fully saturated rings. The summed E-state index contributed by atoms with van der Waals surface area (Å²) in [6.45, 7) is 6.93. The van der Waals surface area contributed by atoms with Gasteiger partial charge in [0.15, 0.2) is 5.70 Å². The molecule has 0 heterocycles. The van der Waals surface area contributed by atoms with Crippen molar-refractivity contribution in [2.75, 3.05) is 7.11 Å². The lowest BCUT2D eigenvalue weighted by atomic mass is 10.2. The SMILES string of the molecule is COC(=O)/C(=C\OS(=O)c1ccc(C)cc1)NC(=O)OC(C)(C)C. The number of hydrogen-bond donors (Lipinski definition) is 1. The number of benzene rings is 1. The van der Waals surface area contributed by atoms with Crippen molar-refractivity contribution in [3.05, 3.63) is 41.8 Å². The molecule has 1 atom stereocenters. The van der Waals surface area contributed by atoms with E-state index in [9.17, 15) is 13.8 Å². The Balaban J connectivity index is 2.82. The molecule has 0 bridgehead atoms. The zero-order valence-electron chi connectivity index (χ0n) is 14.2. The zero-order valence-corrected chi connectivity index (χ0v) is 15.1. The highest BCUT2D eigenvalue weighted by atomic mass is 32.2. The number of ether oxygens (including phenoxy) is 2. The van der Waals surface area contributed by atoms with Gasteiger partial charge in [-0.15, -0.1) is 0 Å². The van der Waals surface area contributed by atoms with Gasteiger partial charge in [0.05, 0.1) is 12.0 Å². The predicted molar refractivity (Wildman–Crippen MR) is 88.1 cm³/mol. The molecular weight excluding hydrogens is 334 g/mol. The van der Waals surface area contributed by atoms with Crippen LogP contribution in [-0.2, 0) is 29.5 Å². The number of esters is 1. The second-order valence-corrected chi connectivity index (χ2v) is 6.93. The summed E-state index contributed by atoms with van der Waals surface area (Å²) < 4.78 is 26.6. The van der Waals surface area contributed by atoms with E-state index in [2.05, 4.69) is 10.1 Å². The maximum Gasteiger partial charge on any atom is 0.412 e. The van der Waals surface area contributed by atoms with Crippen LogP contribution in [0.1, 0.15) is 26.3 Å². The maximum absolute atomic E-state index is 12.0. The predicted octanol–water partition coefficient (Wildman–Crippen LogP) is 2.57. The largest absolute Gasteiger partial charge is 0.464 e. The number of amides is 1. The number of methoxy groups -OCH3 is 1. The maximum atomic E-state index is 12.0. The Morgan fingerprint density at radius 2 is 1.75 bits per heavy atom. The Hall–Kier alpha value is -2.35. The summed E-state index contributed by atoms with van der Waals surface area (Å²) in [5, 5.41) is 2.21. The minimum Gasteiger partial charge on any atom is -0.464 e. The number of carbonyl (C=O) groups is 2. The Bertz CT molecular complexity index is 646. The van der Waals surface area contributed by atoms with Gasteiger partial charge in [-0.05, 0) is 39.8 Å². The fourth-order valence-electron chi connectivity index (χ4n) is 1.45. The fraction of sp³-hybridized carbons (Fsp3) is 0.375. The molecule has 8 heteroatoms. The third-order valence-electron chi connectivity index (χ3n) is 2.51. The van der Waals surface area contributed by atoms with Crippen LogP contribution in [0.2, 0.25) is 0 Å². The minimum atomic E-state index is -1.84. The highest BCUT2D eigenvalue weighted by Gasteiger charge is 2.20. The molecular formula is C16H21NO6S. The van der Waals surface area contributed by atoms with Crippen molar-refractivity contribution in [1.29, 1.82) is 0 Å². The molecule has 0 saturated carbocycles. The first kappa shape index (κ1) is 19.7. The Labute approximate surface area is 143 Å². The highest BCUT2D eigenvalue weighted by Crippen LogP contribution is 2.11. The summed E-state index contributed by atoms with van der Waals surface area (Å²) in [5.41, 5.74) is -0.0583. The van der Waals surface area contributed by atoms with Gasteiger partial charge in [0, 0.05) is 0 Å². The standard InChI is InChI=1S/C16H21NO6S/c1-11-6-8-12(9-7-11)24(20)22-10-13(14(18)21-5)17-15(19)23-16(2,3)4/h6-10H,1-5H3,(H,17,19)/b13-10+. The van der Waals surface area contributed by atoms with Crippen molar-refractivity contribution in [2.24, 2.45) is 0 Å². The summed E-state index contributed by atoms with van der Waals surface area (Å²) in [5.74, 6) is -0.859. The zero-order chi connectivity index (χ0) is 18.3. The highest BCUT2D eigenvalue weighted by molar-refractivity contribution is 7.80. The monoisotopic (exact) mass is 355 g/mol. The molecule has 1 unspecified atom stereocenters. The average Bonchev–Trinajstić information content (AvgIpc) is 2.49. The summed E-state index contributed by atoms with van der Waals surface area (Å²) in [6, 6.07) is 6.83. The van der Waals surface area contributed by atoms with E-state index in [1.165, 1.54) is 0 Å². The molecule has 1 aromatic rings. The molecule has 0 aliphatic rings. The van der Waals surface area contributed by atoms with Crippen LogP contribution < -0.4 is 5.32 Å². The van der Waals surface area contributed by atoms with Crippen LogP contribution in [0.4, 0.5) is 4.79 Å². The minimum absolute atomic E-state index is 0.327. The van der Waals surface area contributed by atoms with Gasteiger partial charge < -0.3 is 13.7 Å². The van der Waals surface area contributed by atoms with Crippen molar-refractivity contribution in [3.8, 4) is 0 Å². The van der Waals surface area contributed by atoms with Crippen LogP contribution in [0, 0.1) is 6.92 Å². The van der Waals surface area contributed by atoms with E-state index in [0.717, 1.165) is 18.9 Å². The van der Waals surface area contributed by atoms with Crippen molar-refractivity contribution in [2.45, 2.75) is 38.2 Å². The van der Waals surface area contributed by atoms with Crippen LogP contribution in [0.25, 0.3) is 0 Å². The van der Waals surface area contributed by atoms with Crippen molar-refractivity contribution < 1.29 is 27.5 Å². The van der Waals surface area contributed by atoms with E-state index in [-0.39, 0.29) is 5.70 Å². The van der Waals surface area contributed by atoms with Gasteiger partial charge >= 0.3 is 12.1 Å². The number of alkyl carbamates (subject to hydrolysis) is 1. The van der Waals surface area contributed by atoms with Crippen LogP contribution in [0.15, 0.2) is 41.1 Å². The van der Waals surface area contributed by atoms with Gasteiger partial charge in [-0.3, -0.25) is 5.32 Å². The van der Waals surface area contributed by atoms with Gasteiger partial charge in [-0.2, -0.15) is 0 Å². The molecule has 132 valence electrons. The van der Waals surface area contributed by atoms with Gasteiger partial charge in [0.2, 0.25) is 11.1 Å². The quantitative estimate of drug-likeness (QED) is 0.496. The smallest absolute Gasteiger partial charge is 0.412 e. The van der Waals surface area contributed by atoms with Gasteiger partial charge in [0.25, 0.3) is 0 Å². The summed E-state index contributed by atoms with van der Waals surface area (Å²) in [7, 11) is 1.14. The number of aryl methyl sites for hydroxylation is 1. The van der Waals surface area contributed by atoms with Crippen LogP contribution in [0.5, 0.6) is 0 Å². The van der Waals surface area contributed by atoms with E-state index >= 15 is 0 Å². The first-order valence-corrected chi connectivity index (χ1v) is 8.14. The molecule has 0 radical (unpaired) electrons. The molecule has 1 rings (SSSR count). The lowest BCUT2D eigenvalue weighted by Gasteiger charge is -2.19. The molecule has 0 spiro atoms. The van der Waals surface area contributed by atoms with Crippen molar-refractivity contribution >= 4 is 23.1 Å². The summed E-state index contributed by atoms with van der Waals surface area (Å²) in [4.78, 5) is 23.8. The molecule has 0 aliphatic heterocycles. The number of nitrogens with one attached hydrogen (secondary N) is 1. The number of carbonyl (C=O) groups excluding carboxylic acids is 2. The van der Waals surface area contributed by atoms with Gasteiger partial charge in [0.1, 0.15) is 11.9 Å². The number of rotatable bonds is 5.